The molecular weight excluding hydrogens is 226 g/mol. The fourth-order valence-electron chi connectivity index (χ4n) is 2.71. The summed E-state index contributed by atoms with van der Waals surface area (Å²) in [7, 11) is 0. The van der Waals surface area contributed by atoms with Crippen LogP contribution in [0, 0.1) is 5.92 Å². The highest BCUT2D eigenvalue weighted by molar-refractivity contribution is 5.89. The monoisotopic (exact) mass is 247 g/mol. The standard InChI is InChI=1S/C15H21NO2/c1-11-8-13(9-12(2)16-11)10-18-15(17)14-6-4-3-5-7-14/h3-7,11-13,16H,8-10H2,1-2H3/t11-,12+,13+. The molecule has 1 saturated heterocycles. The first kappa shape index (κ1) is 13.1. The highest BCUT2D eigenvalue weighted by Gasteiger charge is 2.24. The van der Waals surface area contributed by atoms with Gasteiger partial charge in [0.1, 0.15) is 0 Å². The van der Waals surface area contributed by atoms with E-state index in [1.54, 1.807) is 12.1 Å². The zero-order chi connectivity index (χ0) is 13.0. The summed E-state index contributed by atoms with van der Waals surface area (Å²) in [6.07, 6.45) is 2.15. The molecule has 0 unspecified atom stereocenters. The van der Waals surface area contributed by atoms with Crippen molar-refractivity contribution >= 4 is 5.97 Å². The first-order valence-corrected chi connectivity index (χ1v) is 6.63. The van der Waals surface area contributed by atoms with Crippen molar-refractivity contribution in [3.8, 4) is 0 Å². The van der Waals surface area contributed by atoms with E-state index in [0.29, 0.717) is 30.2 Å². The Balaban J connectivity index is 1.83. The molecule has 1 aliphatic heterocycles. The van der Waals surface area contributed by atoms with Crippen molar-refractivity contribution < 1.29 is 9.53 Å². The SMILES string of the molecule is C[C@@H]1C[C@H](COC(=O)c2ccccc2)C[C@H](C)N1. The smallest absolute Gasteiger partial charge is 0.338 e. The summed E-state index contributed by atoms with van der Waals surface area (Å²) in [5.74, 6) is 0.262. The van der Waals surface area contributed by atoms with E-state index >= 15 is 0 Å². The number of hydrogen-bond acceptors (Lipinski definition) is 3. The van der Waals surface area contributed by atoms with Crippen LogP contribution in [-0.4, -0.2) is 24.7 Å². The molecule has 1 aromatic carbocycles. The average Bonchev–Trinajstić information content (AvgIpc) is 2.36. The van der Waals surface area contributed by atoms with Crippen molar-refractivity contribution in [3.05, 3.63) is 35.9 Å². The van der Waals surface area contributed by atoms with Gasteiger partial charge in [0.15, 0.2) is 0 Å². The molecule has 0 aromatic heterocycles. The van der Waals surface area contributed by atoms with Crippen molar-refractivity contribution in [2.75, 3.05) is 6.61 Å². The lowest BCUT2D eigenvalue weighted by atomic mass is 9.90. The summed E-state index contributed by atoms with van der Waals surface area (Å²) in [5, 5.41) is 3.49. The molecule has 3 atom stereocenters. The van der Waals surface area contributed by atoms with Crippen LogP contribution < -0.4 is 5.32 Å². The first-order valence-electron chi connectivity index (χ1n) is 6.63. The van der Waals surface area contributed by atoms with Crippen molar-refractivity contribution in [2.24, 2.45) is 5.92 Å². The molecular formula is C15H21NO2. The Morgan fingerprint density at radius 3 is 2.44 bits per heavy atom. The summed E-state index contributed by atoms with van der Waals surface area (Å²) in [6.45, 7) is 4.90. The maximum Gasteiger partial charge on any atom is 0.338 e. The van der Waals surface area contributed by atoms with E-state index in [0.717, 1.165) is 12.8 Å². The predicted molar refractivity (Wildman–Crippen MR) is 71.5 cm³/mol. The molecule has 1 heterocycles. The normalized spacial score (nSPS) is 27.8. The summed E-state index contributed by atoms with van der Waals surface area (Å²) in [6, 6.07) is 10.2. The van der Waals surface area contributed by atoms with Gasteiger partial charge in [0, 0.05) is 12.1 Å². The maximum absolute atomic E-state index is 11.8. The number of benzene rings is 1. The van der Waals surface area contributed by atoms with Crippen molar-refractivity contribution in [1.29, 1.82) is 0 Å². The van der Waals surface area contributed by atoms with E-state index in [9.17, 15) is 4.79 Å². The van der Waals surface area contributed by atoms with E-state index in [1.807, 2.05) is 18.2 Å². The average molecular weight is 247 g/mol. The summed E-state index contributed by atoms with van der Waals surface area (Å²) in [5.41, 5.74) is 0.632. The lowest BCUT2D eigenvalue weighted by Gasteiger charge is -2.32. The van der Waals surface area contributed by atoms with Crippen LogP contribution in [0.25, 0.3) is 0 Å². The van der Waals surface area contributed by atoms with Crippen LogP contribution in [-0.2, 0) is 4.74 Å². The molecule has 98 valence electrons. The van der Waals surface area contributed by atoms with Crippen molar-refractivity contribution in [2.45, 2.75) is 38.8 Å². The van der Waals surface area contributed by atoms with Gasteiger partial charge in [-0.1, -0.05) is 18.2 Å². The molecule has 3 nitrogen and oxygen atoms in total. The van der Waals surface area contributed by atoms with Gasteiger partial charge in [0.2, 0.25) is 0 Å². The van der Waals surface area contributed by atoms with Crippen LogP contribution in [0.1, 0.15) is 37.0 Å². The van der Waals surface area contributed by atoms with Gasteiger partial charge in [-0.3, -0.25) is 0 Å². The van der Waals surface area contributed by atoms with Crippen LogP contribution >= 0.6 is 0 Å². The number of carbonyl (C=O) groups excluding carboxylic acids is 1. The maximum atomic E-state index is 11.8. The summed E-state index contributed by atoms with van der Waals surface area (Å²) >= 11 is 0. The number of ether oxygens (including phenoxy) is 1. The number of esters is 1. The topological polar surface area (TPSA) is 38.3 Å². The van der Waals surface area contributed by atoms with Gasteiger partial charge in [-0.15, -0.1) is 0 Å². The van der Waals surface area contributed by atoms with Crippen LogP contribution in [0.15, 0.2) is 30.3 Å². The molecule has 2 rings (SSSR count). The van der Waals surface area contributed by atoms with E-state index in [2.05, 4.69) is 19.2 Å². The van der Waals surface area contributed by atoms with E-state index in [4.69, 9.17) is 4.74 Å². The van der Waals surface area contributed by atoms with Crippen LogP contribution in [0.2, 0.25) is 0 Å². The van der Waals surface area contributed by atoms with E-state index in [1.165, 1.54) is 0 Å². The third-order valence-corrected chi connectivity index (χ3v) is 3.40. The van der Waals surface area contributed by atoms with Crippen LogP contribution in [0.3, 0.4) is 0 Å². The molecule has 0 aliphatic carbocycles. The second-order valence-electron chi connectivity index (χ2n) is 5.27. The van der Waals surface area contributed by atoms with Gasteiger partial charge in [0.05, 0.1) is 12.2 Å². The largest absolute Gasteiger partial charge is 0.462 e. The van der Waals surface area contributed by atoms with Gasteiger partial charge in [-0.2, -0.15) is 0 Å². The molecule has 3 heteroatoms. The second kappa shape index (κ2) is 6.01. The van der Waals surface area contributed by atoms with Crippen molar-refractivity contribution in [1.82, 2.24) is 5.32 Å². The summed E-state index contributed by atoms with van der Waals surface area (Å²) < 4.78 is 5.40. The number of piperidine rings is 1. The molecule has 0 amide bonds. The fraction of sp³-hybridized carbons (Fsp3) is 0.533. The Kier molecular flexibility index (Phi) is 4.37. The molecule has 1 N–H and O–H groups in total. The molecule has 0 bridgehead atoms. The molecule has 0 saturated carbocycles. The van der Waals surface area contributed by atoms with Gasteiger partial charge < -0.3 is 10.1 Å². The van der Waals surface area contributed by atoms with Gasteiger partial charge in [-0.05, 0) is 44.7 Å². The fourth-order valence-corrected chi connectivity index (χ4v) is 2.71. The molecule has 1 aromatic rings. The predicted octanol–water partition coefficient (Wildman–Crippen LogP) is 2.62. The number of rotatable bonds is 3. The highest BCUT2D eigenvalue weighted by atomic mass is 16.5. The van der Waals surface area contributed by atoms with E-state index < -0.39 is 0 Å². The molecule has 18 heavy (non-hydrogen) atoms. The Morgan fingerprint density at radius 2 is 1.83 bits per heavy atom. The van der Waals surface area contributed by atoms with Gasteiger partial charge in [0.25, 0.3) is 0 Å². The Labute approximate surface area is 109 Å². The third-order valence-electron chi connectivity index (χ3n) is 3.40. The Hall–Kier alpha value is -1.35. The van der Waals surface area contributed by atoms with E-state index in [-0.39, 0.29) is 5.97 Å². The highest BCUT2D eigenvalue weighted by Crippen LogP contribution is 2.20. The number of hydrogen-bond donors (Lipinski definition) is 1. The zero-order valence-electron chi connectivity index (χ0n) is 11.1. The number of carbonyl (C=O) groups is 1. The summed E-state index contributed by atoms with van der Waals surface area (Å²) in [4.78, 5) is 11.8. The minimum atomic E-state index is -0.213. The van der Waals surface area contributed by atoms with Crippen molar-refractivity contribution in [3.63, 3.8) is 0 Å². The van der Waals surface area contributed by atoms with Gasteiger partial charge in [-0.25, -0.2) is 4.79 Å². The lowest BCUT2D eigenvalue weighted by Crippen LogP contribution is -2.43. The lowest BCUT2D eigenvalue weighted by molar-refractivity contribution is 0.0386. The Morgan fingerprint density at radius 1 is 1.22 bits per heavy atom. The Bertz CT molecular complexity index is 381. The van der Waals surface area contributed by atoms with Crippen LogP contribution in [0.5, 0.6) is 0 Å². The quantitative estimate of drug-likeness (QED) is 0.834. The molecule has 1 aliphatic rings. The number of nitrogens with one attached hydrogen (secondary N) is 1. The minimum Gasteiger partial charge on any atom is -0.462 e. The minimum absolute atomic E-state index is 0.213. The molecule has 1 fully saturated rings. The molecule has 0 radical (unpaired) electrons. The van der Waals surface area contributed by atoms with Crippen LogP contribution in [0.4, 0.5) is 0 Å². The zero-order valence-corrected chi connectivity index (χ0v) is 11.1. The third kappa shape index (κ3) is 3.57. The first-order chi connectivity index (χ1) is 8.65. The molecule has 0 spiro atoms. The van der Waals surface area contributed by atoms with Gasteiger partial charge >= 0.3 is 5.97 Å². The second-order valence-corrected chi connectivity index (χ2v) is 5.27.